The van der Waals surface area contributed by atoms with Gasteiger partial charge in [-0.2, -0.15) is 0 Å². The van der Waals surface area contributed by atoms with Crippen LogP contribution >= 0.6 is 0 Å². The summed E-state index contributed by atoms with van der Waals surface area (Å²) >= 11 is 0. The van der Waals surface area contributed by atoms with E-state index in [1.54, 1.807) is 6.07 Å². The van der Waals surface area contributed by atoms with Gasteiger partial charge in [0.2, 0.25) is 0 Å². The van der Waals surface area contributed by atoms with Crippen LogP contribution in [-0.2, 0) is 16.0 Å². The van der Waals surface area contributed by atoms with Gasteiger partial charge < -0.3 is 26.2 Å². The highest BCUT2D eigenvalue weighted by molar-refractivity contribution is 5.91. The fraction of sp³-hybridized carbons (Fsp3) is 0.231. The molecule has 0 spiro atoms. The molecule has 0 aliphatic carbocycles. The Labute approximate surface area is 115 Å². The number of phenolic OH excluding ortho intramolecular Hbond substituents is 2. The van der Waals surface area contributed by atoms with Gasteiger partial charge in [0.05, 0.1) is 6.42 Å². The van der Waals surface area contributed by atoms with Gasteiger partial charge in [0, 0.05) is 5.57 Å². The Kier molecular flexibility index (Phi) is 7.46. The summed E-state index contributed by atoms with van der Waals surface area (Å²) in [6.45, 7) is 3.56. The number of benzene rings is 1. The van der Waals surface area contributed by atoms with E-state index in [1.165, 1.54) is 12.1 Å². The Morgan fingerprint density at radius 2 is 1.75 bits per heavy atom. The maximum absolute atomic E-state index is 9.87. The van der Waals surface area contributed by atoms with Crippen LogP contribution < -0.4 is 5.73 Å². The number of aromatic hydroxyl groups is 2. The first kappa shape index (κ1) is 17.5. The van der Waals surface area contributed by atoms with Crippen LogP contribution in [0.5, 0.6) is 11.5 Å². The number of carboxylic acid groups (broad SMARTS) is 2. The molecule has 0 fully saturated rings. The first-order valence-electron chi connectivity index (χ1n) is 5.61. The first-order valence-corrected chi connectivity index (χ1v) is 5.61. The Bertz CT molecular complexity index is 498. The highest BCUT2D eigenvalue weighted by atomic mass is 16.4. The van der Waals surface area contributed by atoms with E-state index >= 15 is 0 Å². The summed E-state index contributed by atoms with van der Waals surface area (Å²) in [5.41, 5.74) is 5.93. The lowest BCUT2D eigenvalue weighted by Gasteiger charge is -2.00. The number of nitrogens with two attached hydrogens (primary N) is 1. The summed E-state index contributed by atoms with van der Waals surface area (Å²) in [5, 5.41) is 34.0. The van der Waals surface area contributed by atoms with Crippen LogP contribution in [0.2, 0.25) is 0 Å². The van der Waals surface area contributed by atoms with Crippen LogP contribution in [0, 0.1) is 0 Å². The number of rotatable bonds is 5. The number of carbonyl (C=O) groups is 2. The third-order valence-electron chi connectivity index (χ3n) is 2.14. The quantitative estimate of drug-likeness (QED) is 0.395. The van der Waals surface area contributed by atoms with Crippen molar-refractivity contribution in [2.45, 2.75) is 12.8 Å². The van der Waals surface area contributed by atoms with Gasteiger partial charge in [0.15, 0.2) is 11.5 Å². The normalized spacial score (nSPS) is 9.25. The number of phenols is 2. The molecule has 0 bridgehead atoms. The zero-order chi connectivity index (χ0) is 15.7. The molecule has 7 heteroatoms. The van der Waals surface area contributed by atoms with Gasteiger partial charge >= 0.3 is 11.9 Å². The topological polar surface area (TPSA) is 141 Å². The van der Waals surface area contributed by atoms with Crippen LogP contribution in [-0.4, -0.2) is 38.9 Å². The minimum atomic E-state index is -1.27. The highest BCUT2D eigenvalue weighted by Gasteiger charge is 2.07. The van der Waals surface area contributed by atoms with Crippen molar-refractivity contribution in [3.8, 4) is 11.5 Å². The van der Waals surface area contributed by atoms with E-state index in [0.717, 1.165) is 5.56 Å². The minimum Gasteiger partial charge on any atom is -0.504 e. The molecule has 0 aliphatic heterocycles. The summed E-state index contributed by atoms with van der Waals surface area (Å²) in [6, 6.07) is 4.71. The molecule has 0 atom stereocenters. The van der Waals surface area contributed by atoms with Gasteiger partial charge in [0.1, 0.15) is 0 Å². The standard InChI is InChI=1S/C8H11NO2.C5H6O4/c9-4-3-6-1-2-7(10)8(11)5-6;1-3(5(8)9)2-4(6)7/h1-2,5,10-11H,3-4,9H2;1-2H2,(H,6,7)(H,8,9). The minimum absolute atomic E-state index is 0.0871. The molecule has 110 valence electrons. The molecule has 0 saturated carbocycles. The lowest BCUT2D eigenvalue weighted by Crippen LogP contribution is -2.04. The molecule has 1 aromatic carbocycles. The average molecular weight is 283 g/mol. The zero-order valence-electron chi connectivity index (χ0n) is 10.7. The van der Waals surface area contributed by atoms with Crippen molar-refractivity contribution in [3.05, 3.63) is 35.9 Å². The Morgan fingerprint density at radius 1 is 1.15 bits per heavy atom. The fourth-order valence-corrected chi connectivity index (χ4v) is 1.15. The Hall–Kier alpha value is -2.54. The van der Waals surface area contributed by atoms with Crippen LogP contribution in [0.4, 0.5) is 0 Å². The van der Waals surface area contributed by atoms with Crippen LogP contribution in [0.25, 0.3) is 0 Å². The van der Waals surface area contributed by atoms with E-state index in [-0.39, 0.29) is 17.1 Å². The van der Waals surface area contributed by atoms with Gasteiger partial charge in [-0.3, -0.25) is 4.79 Å². The van der Waals surface area contributed by atoms with E-state index < -0.39 is 18.4 Å². The molecule has 0 saturated heterocycles. The summed E-state index contributed by atoms with van der Waals surface area (Å²) in [7, 11) is 0. The Morgan fingerprint density at radius 3 is 2.10 bits per heavy atom. The van der Waals surface area contributed by atoms with Crippen molar-refractivity contribution in [1.82, 2.24) is 0 Å². The maximum atomic E-state index is 9.87. The third-order valence-corrected chi connectivity index (χ3v) is 2.14. The van der Waals surface area contributed by atoms with Gasteiger partial charge in [-0.05, 0) is 30.7 Å². The summed E-state index contributed by atoms with van der Waals surface area (Å²) in [4.78, 5) is 19.7. The second kappa shape index (κ2) is 8.54. The average Bonchev–Trinajstić information content (AvgIpc) is 2.34. The van der Waals surface area contributed by atoms with E-state index in [9.17, 15) is 9.59 Å². The second-order valence-corrected chi connectivity index (χ2v) is 3.84. The molecule has 1 rings (SSSR count). The van der Waals surface area contributed by atoms with Crippen LogP contribution in [0.3, 0.4) is 0 Å². The van der Waals surface area contributed by atoms with Gasteiger partial charge in [-0.15, -0.1) is 0 Å². The molecule has 6 N–H and O–H groups in total. The van der Waals surface area contributed by atoms with Crippen molar-refractivity contribution in [2.24, 2.45) is 5.73 Å². The SMILES string of the molecule is C=C(CC(=O)O)C(=O)O.NCCc1ccc(O)c(O)c1. The van der Waals surface area contributed by atoms with Gasteiger partial charge in [-0.1, -0.05) is 12.6 Å². The molecule has 0 aromatic heterocycles. The number of carboxylic acids is 2. The molecule has 0 unspecified atom stereocenters. The number of hydrogen-bond acceptors (Lipinski definition) is 5. The predicted molar refractivity (Wildman–Crippen MR) is 71.6 cm³/mol. The molecule has 0 amide bonds. The largest absolute Gasteiger partial charge is 0.504 e. The molecular formula is C13H17NO6. The molecule has 1 aromatic rings. The second-order valence-electron chi connectivity index (χ2n) is 3.84. The molecule has 0 radical (unpaired) electrons. The highest BCUT2D eigenvalue weighted by Crippen LogP contribution is 2.24. The summed E-state index contributed by atoms with van der Waals surface area (Å²) in [6.07, 6.45) is 0.211. The van der Waals surface area contributed by atoms with Crippen molar-refractivity contribution in [1.29, 1.82) is 0 Å². The lowest BCUT2D eigenvalue weighted by atomic mass is 10.1. The van der Waals surface area contributed by atoms with E-state index in [2.05, 4.69) is 6.58 Å². The van der Waals surface area contributed by atoms with Crippen molar-refractivity contribution >= 4 is 11.9 Å². The predicted octanol–water partition coefficient (Wildman–Crippen LogP) is 0.701. The van der Waals surface area contributed by atoms with Gasteiger partial charge in [0.25, 0.3) is 0 Å². The van der Waals surface area contributed by atoms with Crippen molar-refractivity contribution < 1.29 is 30.0 Å². The van der Waals surface area contributed by atoms with Crippen LogP contribution in [0.1, 0.15) is 12.0 Å². The zero-order valence-corrected chi connectivity index (χ0v) is 10.7. The molecule has 20 heavy (non-hydrogen) atoms. The first-order chi connectivity index (χ1) is 9.27. The van der Waals surface area contributed by atoms with Crippen LogP contribution in [0.15, 0.2) is 30.4 Å². The van der Waals surface area contributed by atoms with Crippen molar-refractivity contribution in [2.75, 3.05) is 6.54 Å². The van der Waals surface area contributed by atoms with E-state index in [0.29, 0.717) is 13.0 Å². The molecule has 7 nitrogen and oxygen atoms in total. The third kappa shape index (κ3) is 7.02. The van der Waals surface area contributed by atoms with Crippen molar-refractivity contribution in [3.63, 3.8) is 0 Å². The Balaban J connectivity index is 0.000000370. The maximum Gasteiger partial charge on any atom is 0.331 e. The lowest BCUT2D eigenvalue weighted by molar-refractivity contribution is -0.139. The fourth-order valence-electron chi connectivity index (χ4n) is 1.15. The number of aliphatic carboxylic acids is 2. The van der Waals surface area contributed by atoms with Gasteiger partial charge in [-0.25, -0.2) is 4.79 Å². The smallest absolute Gasteiger partial charge is 0.331 e. The van der Waals surface area contributed by atoms with E-state index in [4.69, 9.17) is 26.2 Å². The summed E-state index contributed by atoms with van der Waals surface area (Å²) in [5.74, 6) is -2.62. The molecule has 0 aliphatic rings. The molecule has 0 heterocycles. The van der Waals surface area contributed by atoms with E-state index in [1.807, 2.05) is 0 Å². The molecular weight excluding hydrogens is 266 g/mol. The summed E-state index contributed by atoms with van der Waals surface area (Å²) < 4.78 is 0. The number of hydrogen-bond donors (Lipinski definition) is 5. The monoisotopic (exact) mass is 283 g/mol.